The van der Waals surface area contributed by atoms with Crippen molar-refractivity contribution in [3.63, 3.8) is 0 Å². The normalized spacial score (nSPS) is 15.2. The van der Waals surface area contributed by atoms with Crippen molar-refractivity contribution >= 4 is 23.1 Å². The maximum absolute atomic E-state index is 12.0. The molecule has 0 spiro atoms. The van der Waals surface area contributed by atoms with Crippen LogP contribution in [0.2, 0.25) is 0 Å². The van der Waals surface area contributed by atoms with Gasteiger partial charge in [0, 0.05) is 52.2 Å². The van der Waals surface area contributed by atoms with E-state index in [4.69, 9.17) is 23.1 Å². The molecule has 1 rings (SSSR count). The zero-order chi connectivity index (χ0) is 15.0. The molecule has 1 amide bonds. The van der Waals surface area contributed by atoms with Crippen LogP contribution in [-0.4, -0.2) is 65.1 Å². The molecule has 1 fully saturated rings. The van der Waals surface area contributed by atoms with Crippen molar-refractivity contribution in [2.75, 3.05) is 33.3 Å². The van der Waals surface area contributed by atoms with Crippen LogP contribution in [0.1, 0.15) is 38.5 Å². The van der Waals surface area contributed by atoms with Crippen LogP contribution in [0.15, 0.2) is 0 Å². The second-order valence-electron chi connectivity index (χ2n) is 5.48. The van der Waals surface area contributed by atoms with Gasteiger partial charge in [-0.15, -0.1) is 0 Å². The van der Waals surface area contributed by atoms with Gasteiger partial charge in [0.05, 0.1) is 4.99 Å². The summed E-state index contributed by atoms with van der Waals surface area (Å²) < 4.78 is 0. The van der Waals surface area contributed by atoms with E-state index < -0.39 is 0 Å². The molecule has 0 aromatic rings. The summed E-state index contributed by atoms with van der Waals surface area (Å²) in [4.78, 5) is 16.5. The number of carbonyl (C=O) groups excluding carboxylic acids is 1. The molecule has 20 heavy (non-hydrogen) atoms. The summed E-state index contributed by atoms with van der Waals surface area (Å²) in [7, 11) is 1.79. The van der Waals surface area contributed by atoms with Crippen molar-refractivity contribution in [1.82, 2.24) is 9.80 Å². The minimum Gasteiger partial charge on any atom is -0.396 e. The fraction of sp³-hybridized carbons (Fsp3) is 0.857. The summed E-state index contributed by atoms with van der Waals surface area (Å²) >= 11 is 4.82. The van der Waals surface area contributed by atoms with Gasteiger partial charge in [-0.05, 0) is 19.3 Å². The lowest BCUT2D eigenvalue weighted by Crippen LogP contribution is -2.43. The van der Waals surface area contributed by atoms with Crippen LogP contribution in [0.4, 0.5) is 0 Å². The van der Waals surface area contributed by atoms with E-state index in [9.17, 15) is 4.79 Å². The Labute approximate surface area is 127 Å². The van der Waals surface area contributed by atoms with Crippen molar-refractivity contribution < 1.29 is 9.90 Å². The lowest BCUT2D eigenvalue weighted by Gasteiger charge is -2.37. The molecule has 0 saturated heterocycles. The minimum atomic E-state index is 0.134. The van der Waals surface area contributed by atoms with Gasteiger partial charge in [0.2, 0.25) is 5.91 Å². The van der Waals surface area contributed by atoms with Crippen LogP contribution >= 0.6 is 12.2 Å². The SMILES string of the molecule is CN(CCC(N)=S)C(=O)CCN(CCCO)C1CCC1. The molecule has 116 valence electrons. The number of aliphatic hydroxyl groups is 1. The molecule has 0 aliphatic heterocycles. The molecule has 5 nitrogen and oxygen atoms in total. The summed E-state index contributed by atoms with van der Waals surface area (Å²) in [5, 5.41) is 8.95. The predicted octanol–water partition coefficient (Wildman–Crippen LogP) is 0.748. The molecule has 0 atom stereocenters. The van der Waals surface area contributed by atoms with Crippen LogP contribution < -0.4 is 5.73 Å². The Hall–Kier alpha value is -0.720. The molecule has 0 unspecified atom stereocenters. The van der Waals surface area contributed by atoms with Gasteiger partial charge in [-0.2, -0.15) is 0 Å². The van der Waals surface area contributed by atoms with Gasteiger partial charge in [-0.1, -0.05) is 18.6 Å². The van der Waals surface area contributed by atoms with E-state index in [0.717, 1.165) is 19.5 Å². The highest BCUT2D eigenvalue weighted by Crippen LogP contribution is 2.25. The molecule has 6 heteroatoms. The Morgan fingerprint density at radius 2 is 2.00 bits per heavy atom. The standard InChI is InChI=1S/C14H27N3O2S/c1-16(9-6-13(15)20)14(19)7-10-17(8-3-11-18)12-4-2-5-12/h12,18H,2-11H2,1H3,(H2,15,20). The Morgan fingerprint density at radius 1 is 1.30 bits per heavy atom. The third kappa shape index (κ3) is 6.15. The third-order valence-electron chi connectivity index (χ3n) is 3.93. The number of nitrogens with two attached hydrogens (primary N) is 1. The average molecular weight is 301 g/mol. The number of rotatable bonds is 10. The second-order valence-corrected chi connectivity index (χ2v) is 6.00. The van der Waals surface area contributed by atoms with Gasteiger partial charge in [0.25, 0.3) is 0 Å². The number of amides is 1. The van der Waals surface area contributed by atoms with Crippen LogP contribution in [0.25, 0.3) is 0 Å². The van der Waals surface area contributed by atoms with Gasteiger partial charge in [-0.25, -0.2) is 0 Å². The molecule has 1 saturated carbocycles. The lowest BCUT2D eigenvalue weighted by atomic mass is 9.91. The molecule has 1 aliphatic rings. The summed E-state index contributed by atoms with van der Waals surface area (Å²) in [6.07, 6.45) is 5.60. The molecule has 0 radical (unpaired) electrons. The first kappa shape index (κ1) is 17.3. The van der Waals surface area contributed by atoms with E-state index >= 15 is 0 Å². The minimum absolute atomic E-state index is 0.134. The van der Waals surface area contributed by atoms with Crippen molar-refractivity contribution in [2.24, 2.45) is 5.73 Å². The smallest absolute Gasteiger partial charge is 0.223 e. The quantitative estimate of drug-likeness (QED) is 0.583. The van der Waals surface area contributed by atoms with E-state index in [0.29, 0.717) is 30.4 Å². The summed E-state index contributed by atoms with van der Waals surface area (Å²) in [5.74, 6) is 0.134. The van der Waals surface area contributed by atoms with Crippen molar-refractivity contribution in [1.29, 1.82) is 0 Å². The van der Waals surface area contributed by atoms with E-state index in [2.05, 4.69) is 4.90 Å². The van der Waals surface area contributed by atoms with E-state index in [-0.39, 0.29) is 12.5 Å². The molecule has 1 aliphatic carbocycles. The Bertz CT molecular complexity index is 322. The van der Waals surface area contributed by atoms with Crippen LogP contribution in [-0.2, 0) is 4.79 Å². The first-order valence-electron chi connectivity index (χ1n) is 7.41. The fourth-order valence-corrected chi connectivity index (χ4v) is 2.43. The zero-order valence-electron chi connectivity index (χ0n) is 12.4. The van der Waals surface area contributed by atoms with Gasteiger partial charge >= 0.3 is 0 Å². The second kappa shape index (κ2) is 9.26. The number of aliphatic hydroxyl groups excluding tert-OH is 1. The molecule has 0 heterocycles. The average Bonchev–Trinajstić information content (AvgIpc) is 2.36. The van der Waals surface area contributed by atoms with Gasteiger partial charge in [0.15, 0.2) is 0 Å². The monoisotopic (exact) mass is 301 g/mol. The van der Waals surface area contributed by atoms with Crippen molar-refractivity contribution in [3.8, 4) is 0 Å². The fourth-order valence-electron chi connectivity index (χ4n) is 2.34. The Morgan fingerprint density at radius 3 is 2.50 bits per heavy atom. The van der Waals surface area contributed by atoms with Gasteiger partial charge in [0.1, 0.15) is 0 Å². The van der Waals surface area contributed by atoms with Crippen LogP contribution in [0, 0.1) is 0 Å². The molecular weight excluding hydrogens is 274 g/mol. The number of carbonyl (C=O) groups is 1. The zero-order valence-corrected chi connectivity index (χ0v) is 13.2. The Balaban J connectivity index is 2.29. The number of hydrogen-bond acceptors (Lipinski definition) is 4. The maximum atomic E-state index is 12.0. The topological polar surface area (TPSA) is 69.8 Å². The molecule has 3 N–H and O–H groups in total. The molecule has 0 bridgehead atoms. The maximum Gasteiger partial charge on any atom is 0.223 e. The predicted molar refractivity (Wildman–Crippen MR) is 84.6 cm³/mol. The third-order valence-corrected chi connectivity index (χ3v) is 4.13. The highest BCUT2D eigenvalue weighted by Gasteiger charge is 2.25. The van der Waals surface area contributed by atoms with Crippen molar-refractivity contribution in [3.05, 3.63) is 0 Å². The van der Waals surface area contributed by atoms with E-state index in [1.807, 2.05) is 0 Å². The van der Waals surface area contributed by atoms with Crippen LogP contribution in [0.3, 0.4) is 0 Å². The first-order chi connectivity index (χ1) is 9.54. The lowest BCUT2D eigenvalue weighted by molar-refractivity contribution is -0.130. The summed E-state index contributed by atoms with van der Waals surface area (Å²) in [6, 6.07) is 0.608. The highest BCUT2D eigenvalue weighted by molar-refractivity contribution is 7.80. The van der Waals surface area contributed by atoms with Crippen molar-refractivity contribution in [2.45, 2.75) is 44.6 Å². The molecule has 0 aromatic carbocycles. The highest BCUT2D eigenvalue weighted by atomic mass is 32.1. The van der Waals surface area contributed by atoms with Gasteiger partial charge < -0.3 is 15.7 Å². The van der Waals surface area contributed by atoms with Crippen LogP contribution in [0.5, 0.6) is 0 Å². The van der Waals surface area contributed by atoms with E-state index in [1.165, 1.54) is 19.3 Å². The summed E-state index contributed by atoms with van der Waals surface area (Å²) in [6.45, 7) is 2.46. The molecular formula is C14H27N3O2S. The largest absolute Gasteiger partial charge is 0.396 e. The first-order valence-corrected chi connectivity index (χ1v) is 7.82. The number of hydrogen-bond donors (Lipinski definition) is 2. The van der Waals surface area contributed by atoms with Gasteiger partial charge in [-0.3, -0.25) is 9.69 Å². The van der Waals surface area contributed by atoms with E-state index in [1.54, 1.807) is 11.9 Å². The molecule has 0 aromatic heterocycles. The number of thiocarbonyl (C=S) groups is 1. The number of nitrogens with zero attached hydrogens (tertiary/aromatic N) is 2. The Kier molecular flexibility index (Phi) is 8.02. The summed E-state index contributed by atoms with van der Waals surface area (Å²) in [5.41, 5.74) is 5.44.